The summed E-state index contributed by atoms with van der Waals surface area (Å²) in [5.74, 6) is -0.999. The molecule has 0 spiro atoms. The molecule has 1 rings (SSSR count). The summed E-state index contributed by atoms with van der Waals surface area (Å²) in [6.07, 6.45) is 0.296. The molecule has 12 heavy (non-hydrogen) atoms. The molecule has 0 radical (unpaired) electrons. The highest BCUT2D eigenvalue weighted by Gasteiger charge is 2.13. The number of nitrogens with two attached hydrogens (primary N) is 2. The lowest BCUT2D eigenvalue weighted by molar-refractivity contribution is -0.138. The lowest BCUT2D eigenvalue weighted by atomic mass is 10.1. The first-order chi connectivity index (χ1) is 5.61. The molecule has 0 bridgehead atoms. The van der Waals surface area contributed by atoms with Crippen LogP contribution in [0.4, 0.5) is 5.00 Å². The van der Waals surface area contributed by atoms with Gasteiger partial charge < -0.3 is 16.6 Å². The van der Waals surface area contributed by atoms with Crippen molar-refractivity contribution in [1.82, 2.24) is 0 Å². The van der Waals surface area contributed by atoms with Gasteiger partial charge in [-0.25, -0.2) is 0 Å². The number of carbonyl (C=O) groups is 1. The molecule has 66 valence electrons. The predicted octanol–water partition coefficient (Wildman–Crippen LogP) is 0.285. The number of aliphatic carboxylic acids is 1. The van der Waals surface area contributed by atoms with Crippen molar-refractivity contribution >= 4 is 22.3 Å². The van der Waals surface area contributed by atoms with Crippen LogP contribution in [0, 0.1) is 0 Å². The van der Waals surface area contributed by atoms with Crippen LogP contribution in [0.25, 0.3) is 0 Å². The Morgan fingerprint density at radius 2 is 2.42 bits per heavy atom. The van der Waals surface area contributed by atoms with Crippen LogP contribution in [0.1, 0.15) is 5.56 Å². The summed E-state index contributed by atoms with van der Waals surface area (Å²) in [5, 5.41) is 11.0. The molecule has 0 saturated heterocycles. The fraction of sp³-hybridized carbons (Fsp3) is 0.286. The lowest BCUT2D eigenvalue weighted by Gasteiger charge is -2.04. The largest absolute Gasteiger partial charge is 0.480 e. The minimum Gasteiger partial charge on any atom is -0.480 e. The van der Waals surface area contributed by atoms with Gasteiger partial charge in [0.15, 0.2) is 0 Å². The van der Waals surface area contributed by atoms with Crippen molar-refractivity contribution in [3.63, 3.8) is 0 Å². The number of hydrogen-bond acceptors (Lipinski definition) is 4. The van der Waals surface area contributed by atoms with E-state index < -0.39 is 12.0 Å². The molecule has 1 heterocycles. The van der Waals surface area contributed by atoms with Crippen molar-refractivity contribution in [2.24, 2.45) is 5.73 Å². The Morgan fingerprint density at radius 3 is 2.83 bits per heavy atom. The molecule has 5 heteroatoms. The van der Waals surface area contributed by atoms with E-state index in [-0.39, 0.29) is 0 Å². The van der Waals surface area contributed by atoms with Gasteiger partial charge in [0.25, 0.3) is 0 Å². The zero-order chi connectivity index (χ0) is 9.14. The first-order valence-electron chi connectivity index (χ1n) is 3.41. The second-order valence-electron chi connectivity index (χ2n) is 2.46. The van der Waals surface area contributed by atoms with E-state index >= 15 is 0 Å². The van der Waals surface area contributed by atoms with E-state index in [4.69, 9.17) is 16.6 Å². The number of thiophene rings is 1. The standard InChI is InChI=1S/C7H10N2O2S/c8-5(7(10)11)3-4-1-2-12-6(4)9/h1-2,5H,3,8-9H2,(H,10,11). The number of carboxylic acids is 1. The Balaban J connectivity index is 2.64. The van der Waals surface area contributed by atoms with Gasteiger partial charge in [-0.3, -0.25) is 4.79 Å². The molecule has 1 atom stereocenters. The molecule has 0 saturated carbocycles. The third-order valence-electron chi connectivity index (χ3n) is 1.54. The third kappa shape index (κ3) is 1.96. The van der Waals surface area contributed by atoms with Crippen molar-refractivity contribution < 1.29 is 9.90 Å². The van der Waals surface area contributed by atoms with Crippen molar-refractivity contribution in [2.45, 2.75) is 12.5 Å². The lowest BCUT2D eigenvalue weighted by Crippen LogP contribution is -2.32. The van der Waals surface area contributed by atoms with Crippen LogP contribution in [0.15, 0.2) is 11.4 Å². The maximum atomic E-state index is 10.4. The Kier molecular flexibility index (Phi) is 2.67. The smallest absolute Gasteiger partial charge is 0.320 e. The van der Waals surface area contributed by atoms with Crippen LogP contribution in [-0.2, 0) is 11.2 Å². The number of nitrogen functional groups attached to an aromatic ring is 1. The summed E-state index contributed by atoms with van der Waals surface area (Å²) in [4.78, 5) is 10.4. The van der Waals surface area contributed by atoms with Gasteiger partial charge in [-0.1, -0.05) is 0 Å². The Labute approximate surface area is 73.8 Å². The highest BCUT2D eigenvalue weighted by Crippen LogP contribution is 2.19. The van der Waals surface area contributed by atoms with Gasteiger partial charge in [0.2, 0.25) is 0 Å². The zero-order valence-electron chi connectivity index (χ0n) is 6.36. The molecule has 0 aliphatic carbocycles. The summed E-state index contributed by atoms with van der Waals surface area (Å²) in [5.41, 5.74) is 11.7. The highest BCUT2D eigenvalue weighted by molar-refractivity contribution is 7.14. The van der Waals surface area contributed by atoms with Gasteiger partial charge >= 0.3 is 5.97 Å². The molecule has 4 nitrogen and oxygen atoms in total. The summed E-state index contributed by atoms with van der Waals surface area (Å²) in [6, 6.07) is 0.935. The van der Waals surface area contributed by atoms with Crippen molar-refractivity contribution in [1.29, 1.82) is 0 Å². The maximum absolute atomic E-state index is 10.4. The van der Waals surface area contributed by atoms with Gasteiger partial charge in [-0.2, -0.15) is 0 Å². The molecule has 0 fully saturated rings. The number of rotatable bonds is 3. The van der Waals surface area contributed by atoms with Crippen LogP contribution in [-0.4, -0.2) is 17.1 Å². The molecular weight excluding hydrogens is 176 g/mol. The molecular formula is C7H10N2O2S. The van der Waals surface area contributed by atoms with Crippen LogP contribution < -0.4 is 11.5 Å². The van der Waals surface area contributed by atoms with Crippen molar-refractivity contribution in [3.8, 4) is 0 Å². The zero-order valence-corrected chi connectivity index (χ0v) is 7.17. The van der Waals surface area contributed by atoms with Gasteiger partial charge in [0.05, 0.1) is 5.00 Å². The summed E-state index contributed by atoms with van der Waals surface area (Å²) in [7, 11) is 0. The van der Waals surface area contributed by atoms with Crippen LogP contribution in [0.3, 0.4) is 0 Å². The van der Waals surface area contributed by atoms with E-state index in [0.29, 0.717) is 11.4 Å². The Bertz CT molecular complexity index is 285. The molecule has 0 aromatic carbocycles. The second-order valence-corrected chi connectivity index (χ2v) is 3.41. The second kappa shape index (κ2) is 3.55. The topological polar surface area (TPSA) is 89.3 Å². The SMILES string of the molecule is Nc1sccc1CC(N)C(=O)O. The minimum atomic E-state index is -0.999. The maximum Gasteiger partial charge on any atom is 0.320 e. The van der Waals surface area contributed by atoms with E-state index in [1.165, 1.54) is 11.3 Å². The molecule has 0 aliphatic heterocycles. The Hall–Kier alpha value is -1.07. The van der Waals surface area contributed by atoms with E-state index in [1.807, 2.05) is 5.38 Å². The normalized spacial score (nSPS) is 12.8. The number of anilines is 1. The van der Waals surface area contributed by atoms with Gasteiger partial charge in [0.1, 0.15) is 6.04 Å². The monoisotopic (exact) mass is 186 g/mol. The third-order valence-corrected chi connectivity index (χ3v) is 2.33. The fourth-order valence-corrected chi connectivity index (χ4v) is 1.52. The molecule has 1 aromatic rings. The molecule has 0 amide bonds. The van der Waals surface area contributed by atoms with Gasteiger partial charge in [-0.15, -0.1) is 11.3 Å². The summed E-state index contributed by atoms with van der Waals surface area (Å²) < 4.78 is 0. The van der Waals surface area contributed by atoms with E-state index in [0.717, 1.165) is 5.56 Å². The highest BCUT2D eigenvalue weighted by atomic mass is 32.1. The first-order valence-corrected chi connectivity index (χ1v) is 4.29. The molecule has 1 aromatic heterocycles. The summed E-state index contributed by atoms with van der Waals surface area (Å²) in [6.45, 7) is 0. The van der Waals surface area contributed by atoms with Gasteiger partial charge in [-0.05, 0) is 17.0 Å². The van der Waals surface area contributed by atoms with Crippen LogP contribution in [0.5, 0.6) is 0 Å². The average Bonchev–Trinajstić information content (AvgIpc) is 2.36. The molecule has 0 aliphatic rings. The minimum absolute atomic E-state index is 0.296. The fourth-order valence-electron chi connectivity index (χ4n) is 0.840. The summed E-state index contributed by atoms with van der Waals surface area (Å²) >= 11 is 1.39. The molecule has 5 N–H and O–H groups in total. The number of carboxylic acid groups (broad SMARTS) is 1. The van der Waals surface area contributed by atoms with Crippen LogP contribution >= 0.6 is 11.3 Å². The van der Waals surface area contributed by atoms with Gasteiger partial charge in [0, 0.05) is 6.42 Å². The average molecular weight is 186 g/mol. The van der Waals surface area contributed by atoms with Crippen molar-refractivity contribution in [3.05, 3.63) is 17.0 Å². The van der Waals surface area contributed by atoms with E-state index in [9.17, 15) is 4.79 Å². The van der Waals surface area contributed by atoms with E-state index in [1.54, 1.807) is 6.07 Å². The first kappa shape index (κ1) is 9.02. The van der Waals surface area contributed by atoms with Crippen LogP contribution in [0.2, 0.25) is 0 Å². The quantitative estimate of drug-likeness (QED) is 0.632. The number of hydrogen-bond donors (Lipinski definition) is 3. The predicted molar refractivity (Wildman–Crippen MR) is 48.0 cm³/mol. The van der Waals surface area contributed by atoms with Crippen molar-refractivity contribution in [2.75, 3.05) is 5.73 Å². The Morgan fingerprint density at radius 1 is 1.75 bits per heavy atom. The van der Waals surface area contributed by atoms with E-state index in [2.05, 4.69) is 0 Å². The molecule has 1 unspecified atom stereocenters.